The molecule has 0 unspecified atom stereocenters. The van der Waals surface area contributed by atoms with Gasteiger partial charge in [0, 0.05) is 17.5 Å². The predicted octanol–water partition coefficient (Wildman–Crippen LogP) is 4.16. The Labute approximate surface area is 154 Å². The third-order valence-corrected chi connectivity index (χ3v) is 5.64. The predicted molar refractivity (Wildman–Crippen MR) is 100 cm³/mol. The van der Waals surface area contributed by atoms with E-state index >= 15 is 0 Å². The van der Waals surface area contributed by atoms with Gasteiger partial charge < -0.3 is 19.2 Å². The molecule has 5 nitrogen and oxygen atoms in total. The smallest absolute Gasteiger partial charge is 0.287 e. The number of hydrogen-bond acceptors (Lipinski definition) is 4. The number of aryl methyl sites for hydroxylation is 1. The number of nitrogens with one attached hydrogen (secondary N) is 1. The van der Waals surface area contributed by atoms with Crippen molar-refractivity contribution in [2.75, 3.05) is 20.8 Å². The lowest BCUT2D eigenvalue weighted by atomic mass is 9.78. The van der Waals surface area contributed by atoms with E-state index in [4.69, 9.17) is 13.9 Å². The average Bonchev–Trinajstić information content (AvgIpc) is 3.27. The van der Waals surface area contributed by atoms with Gasteiger partial charge in [-0.15, -0.1) is 0 Å². The summed E-state index contributed by atoms with van der Waals surface area (Å²) in [5.74, 6) is 1.69. The molecule has 1 heterocycles. The highest BCUT2D eigenvalue weighted by molar-refractivity contribution is 5.93. The lowest BCUT2D eigenvalue weighted by Gasteiger charge is -2.30. The summed E-state index contributed by atoms with van der Waals surface area (Å²) in [7, 11) is 3.28. The molecule has 2 aromatic rings. The Morgan fingerprint density at radius 2 is 1.85 bits per heavy atom. The van der Waals surface area contributed by atoms with Crippen molar-refractivity contribution in [1.82, 2.24) is 5.32 Å². The van der Waals surface area contributed by atoms with Gasteiger partial charge in [0.15, 0.2) is 17.3 Å². The van der Waals surface area contributed by atoms with E-state index in [9.17, 15) is 4.79 Å². The van der Waals surface area contributed by atoms with Crippen LogP contribution in [0.1, 0.15) is 52.9 Å². The van der Waals surface area contributed by atoms with Crippen molar-refractivity contribution in [3.63, 3.8) is 0 Å². The minimum Gasteiger partial charge on any atom is -0.493 e. The number of benzene rings is 1. The summed E-state index contributed by atoms with van der Waals surface area (Å²) in [6.07, 6.45) is 6.02. The number of amides is 1. The van der Waals surface area contributed by atoms with E-state index in [1.54, 1.807) is 20.5 Å². The van der Waals surface area contributed by atoms with Crippen molar-refractivity contribution < 1.29 is 18.7 Å². The zero-order valence-corrected chi connectivity index (χ0v) is 16.0. The average molecular weight is 357 g/mol. The molecule has 0 spiro atoms. The molecule has 3 rings (SSSR count). The molecule has 1 amide bonds. The Kier molecular flexibility index (Phi) is 5.25. The molecule has 0 radical (unpaired) electrons. The number of hydrogen-bond donors (Lipinski definition) is 1. The first-order chi connectivity index (χ1) is 12.5. The highest BCUT2D eigenvalue weighted by atomic mass is 16.5. The van der Waals surface area contributed by atoms with E-state index in [0.29, 0.717) is 12.3 Å². The van der Waals surface area contributed by atoms with Gasteiger partial charge in [-0.05, 0) is 49.9 Å². The SMILES string of the molecule is COc1ccc(C2(CNC(=O)c3occ(C)c3C)CCCC2)cc1OC. The fourth-order valence-electron chi connectivity index (χ4n) is 3.84. The summed E-state index contributed by atoms with van der Waals surface area (Å²) in [6, 6.07) is 6.07. The molecule has 1 aliphatic carbocycles. The van der Waals surface area contributed by atoms with Crippen LogP contribution in [0, 0.1) is 13.8 Å². The van der Waals surface area contributed by atoms with Crippen LogP contribution in [0.15, 0.2) is 28.9 Å². The second-order valence-electron chi connectivity index (χ2n) is 7.11. The van der Waals surface area contributed by atoms with Crippen LogP contribution in [0.5, 0.6) is 11.5 Å². The number of rotatable bonds is 6. The van der Waals surface area contributed by atoms with Crippen molar-refractivity contribution in [1.29, 1.82) is 0 Å². The third-order valence-electron chi connectivity index (χ3n) is 5.64. The van der Waals surface area contributed by atoms with Crippen LogP contribution in [0.4, 0.5) is 0 Å². The monoisotopic (exact) mass is 357 g/mol. The maximum Gasteiger partial charge on any atom is 0.287 e. The van der Waals surface area contributed by atoms with Crippen LogP contribution in [0.25, 0.3) is 0 Å². The second kappa shape index (κ2) is 7.44. The van der Waals surface area contributed by atoms with E-state index in [1.807, 2.05) is 26.0 Å². The summed E-state index contributed by atoms with van der Waals surface area (Å²) in [5, 5.41) is 3.10. The molecule has 0 atom stereocenters. The second-order valence-corrected chi connectivity index (χ2v) is 7.11. The topological polar surface area (TPSA) is 60.7 Å². The van der Waals surface area contributed by atoms with Crippen LogP contribution >= 0.6 is 0 Å². The van der Waals surface area contributed by atoms with Crippen LogP contribution < -0.4 is 14.8 Å². The Morgan fingerprint density at radius 3 is 2.42 bits per heavy atom. The quantitative estimate of drug-likeness (QED) is 0.843. The largest absolute Gasteiger partial charge is 0.493 e. The molecule has 0 bridgehead atoms. The van der Waals surface area contributed by atoms with E-state index in [0.717, 1.165) is 48.3 Å². The molecule has 1 N–H and O–H groups in total. The first-order valence-corrected chi connectivity index (χ1v) is 9.06. The Bertz CT molecular complexity index is 787. The molecule has 0 saturated heterocycles. The zero-order valence-electron chi connectivity index (χ0n) is 16.0. The molecular weight excluding hydrogens is 330 g/mol. The Balaban J connectivity index is 1.82. The van der Waals surface area contributed by atoms with E-state index in [2.05, 4.69) is 11.4 Å². The number of carbonyl (C=O) groups excluding carboxylic acids is 1. The van der Waals surface area contributed by atoms with Crippen molar-refractivity contribution in [3.8, 4) is 11.5 Å². The van der Waals surface area contributed by atoms with Crippen molar-refractivity contribution in [2.45, 2.75) is 44.9 Å². The van der Waals surface area contributed by atoms with E-state index in [-0.39, 0.29) is 11.3 Å². The van der Waals surface area contributed by atoms with Gasteiger partial charge in [0.1, 0.15) is 0 Å². The van der Waals surface area contributed by atoms with Gasteiger partial charge in [0.2, 0.25) is 0 Å². The van der Waals surface area contributed by atoms with Crippen molar-refractivity contribution in [2.24, 2.45) is 0 Å². The number of methoxy groups -OCH3 is 2. The molecule has 1 aromatic carbocycles. The zero-order chi connectivity index (χ0) is 18.7. The van der Waals surface area contributed by atoms with Gasteiger partial charge in [-0.25, -0.2) is 0 Å². The van der Waals surface area contributed by atoms with E-state index < -0.39 is 0 Å². The minimum absolute atomic E-state index is 0.0786. The fraction of sp³-hybridized carbons (Fsp3) is 0.476. The maximum atomic E-state index is 12.6. The van der Waals surface area contributed by atoms with Gasteiger partial charge in [0.25, 0.3) is 5.91 Å². The van der Waals surface area contributed by atoms with Crippen molar-refractivity contribution >= 4 is 5.91 Å². The van der Waals surface area contributed by atoms with Gasteiger partial charge in [-0.2, -0.15) is 0 Å². The van der Waals surface area contributed by atoms with Crippen LogP contribution in [-0.4, -0.2) is 26.7 Å². The standard InChI is InChI=1S/C21H27NO4/c1-14-12-26-19(15(14)2)20(23)22-13-21(9-5-6-10-21)16-7-8-17(24-3)18(11-16)25-4/h7-8,11-12H,5-6,9-10,13H2,1-4H3,(H,22,23). The van der Waals surface area contributed by atoms with Gasteiger partial charge >= 0.3 is 0 Å². The van der Waals surface area contributed by atoms with Crippen LogP contribution in [0.3, 0.4) is 0 Å². The van der Waals surface area contributed by atoms with Gasteiger partial charge in [0.05, 0.1) is 20.5 Å². The third kappa shape index (κ3) is 3.30. The van der Waals surface area contributed by atoms with Gasteiger partial charge in [-0.1, -0.05) is 18.9 Å². The molecule has 1 fully saturated rings. The summed E-state index contributed by atoms with van der Waals surface area (Å²) in [5.41, 5.74) is 2.99. The van der Waals surface area contributed by atoms with Crippen LogP contribution in [-0.2, 0) is 5.41 Å². The lowest BCUT2D eigenvalue weighted by molar-refractivity contribution is 0.0914. The van der Waals surface area contributed by atoms with E-state index in [1.165, 1.54) is 5.56 Å². The van der Waals surface area contributed by atoms with Gasteiger partial charge in [-0.3, -0.25) is 4.79 Å². The molecule has 26 heavy (non-hydrogen) atoms. The molecule has 1 aliphatic rings. The fourth-order valence-corrected chi connectivity index (χ4v) is 3.84. The minimum atomic E-state index is -0.151. The highest BCUT2D eigenvalue weighted by Crippen LogP contribution is 2.43. The summed E-state index contributed by atoms with van der Waals surface area (Å²) in [4.78, 5) is 12.6. The molecule has 1 aromatic heterocycles. The first-order valence-electron chi connectivity index (χ1n) is 9.06. The number of carbonyl (C=O) groups is 1. The first kappa shape index (κ1) is 18.4. The summed E-state index contributed by atoms with van der Waals surface area (Å²) in [6.45, 7) is 4.44. The maximum absolute atomic E-state index is 12.6. The molecule has 1 saturated carbocycles. The lowest BCUT2D eigenvalue weighted by Crippen LogP contribution is -2.39. The molecule has 0 aliphatic heterocycles. The highest BCUT2D eigenvalue weighted by Gasteiger charge is 2.37. The number of ether oxygens (including phenoxy) is 2. The number of furan rings is 1. The molecular formula is C21H27NO4. The Hall–Kier alpha value is -2.43. The normalized spacial score (nSPS) is 15.7. The summed E-state index contributed by atoms with van der Waals surface area (Å²) >= 11 is 0. The van der Waals surface area contributed by atoms with Crippen molar-refractivity contribution in [3.05, 3.63) is 46.9 Å². The Morgan fingerprint density at radius 1 is 1.15 bits per heavy atom. The summed E-state index contributed by atoms with van der Waals surface area (Å²) < 4.78 is 16.2. The molecule has 140 valence electrons. The van der Waals surface area contributed by atoms with Crippen LogP contribution in [0.2, 0.25) is 0 Å². The molecule has 5 heteroatoms.